The lowest BCUT2D eigenvalue weighted by molar-refractivity contribution is -0.115. The fraction of sp³-hybridized carbons (Fsp3) is 0.250. The third-order valence-corrected chi connectivity index (χ3v) is 4.23. The SMILES string of the molecule is CCCc1nnc(NC(=O)Cc2ccc3cccc(N)c3n2)s1. The standard InChI is InChI=1S/C16H17N5OS/c1-2-4-14-20-21-16(23-14)19-13(22)9-11-8-7-10-5-3-6-12(17)15(10)18-11/h3,5-8H,2,4,9,17H2,1H3,(H,19,21,22). The van der Waals surface area contributed by atoms with Crippen molar-refractivity contribution < 1.29 is 4.79 Å². The number of nitrogen functional groups attached to an aromatic ring is 1. The van der Waals surface area contributed by atoms with Crippen LogP contribution in [0.5, 0.6) is 0 Å². The minimum atomic E-state index is -0.162. The molecular formula is C16H17N5OS. The summed E-state index contributed by atoms with van der Waals surface area (Å²) < 4.78 is 0. The van der Waals surface area contributed by atoms with Gasteiger partial charge in [-0.1, -0.05) is 36.5 Å². The van der Waals surface area contributed by atoms with Gasteiger partial charge in [-0.05, 0) is 18.6 Å². The predicted molar refractivity (Wildman–Crippen MR) is 92.4 cm³/mol. The Morgan fingerprint density at radius 1 is 1.26 bits per heavy atom. The van der Waals surface area contributed by atoms with Crippen LogP contribution in [-0.2, 0) is 17.6 Å². The van der Waals surface area contributed by atoms with Gasteiger partial charge in [0.25, 0.3) is 0 Å². The summed E-state index contributed by atoms with van der Waals surface area (Å²) in [4.78, 5) is 16.6. The summed E-state index contributed by atoms with van der Waals surface area (Å²) >= 11 is 1.41. The summed E-state index contributed by atoms with van der Waals surface area (Å²) in [5.41, 5.74) is 7.93. The monoisotopic (exact) mass is 327 g/mol. The highest BCUT2D eigenvalue weighted by molar-refractivity contribution is 7.15. The Hall–Kier alpha value is -2.54. The number of carbonyl (C=O) groups is 1. The quantitative estimate of drug-likeness (QED) is 0.703. The van der Waals surface area contributed by atoms with Gasteiger partial charge in [0.15, 0.2) is 0 Å². The van der Waals surface area contributed by atoms with Crippen molar-refractivity contribution in [2.75, 3.05) is 11.1 Å². The average Bonchev–Trinajstić information content (AvgIpc) is 2.95. The van der Waals surface area contributed by atoms with Crippen molar-refractivity contribution in [3.05, 3.63) is 41.0 Å². The number of amides is 1. The maximum absolute atomic E-state index is 12.1. The van der Waals surface area contributed by atoms with Gasteiger partial charge >= 0.3 is 0 Å². The number of anilines is 2. The van der Waals surface area contributed by atoms with Crippen molar-refractivity contribution in [1.82, 2.24) is 15.2 Å². The summed E-state index contributed by atoms with van der Waals surface area (Å²) in [5.74, 6) is -0.162. The Kier molecular flexibility index (Phi) is 4.47. The Bertz CT molecular complexity index is 845. The van der Waals surface area contributed by atoms with Crippen molar-refractivity contribution in [3.8, 4) is 0 Å². The van der Waals surface area contributed by atoms with Crippen LogP contribution in [0.3, 0.4) is 0 Å². The highest BCUT2D eigenvalue weighted by Gasteiger charge is 2.10. The first-order valence-corrected chi connectivity index (χ1v) is 8.23. The van der Waals surface area contributed by atoms with Crippen LogP contribution < -0.4 is 11.1 Å². The first-order valence-electron chi connectivity index (χ1n) is 7.42. The number of fused-ring (bicyclic) bond motifs is 1. The molecule has 0 fully saturated rings. The lowest BCUT2D eigenvalue weighted by Crippen LogP contribution is -2.15. The molecule has 2 aromatic heterocycles. The number of hydrogen-bond acceptors (Lipinski definition) is 6. The zero-order valence-corrected chi connectivity index (χ0v) is 13.6. The highest BCUT2D eigenvalue weighted by Crippen LogP contribution is 2.20. The van der Waals surface area contributed by atoms with Crippen LogP contribution in [0.4, 0.5) is 10.8 Å². The van der Waals surface area contributed by atoms with E-state index in [2.05, 4.69) is 27.4 Å². The molecule has 1 aromatic carbocycles. The van der Waals surface area contributed by atoms with Crippen molar-refractivity contribution >= 4 is 39.0 Å². The molecule has 2 heterocycles. The highest BCUT2D eigenvalue weighted by atomic mass is 32.1. The molecule has 0 aliphatic rings. The van der Waals surface area contributed by atoms with E-state index in [9.17, 15) is 4.79 Å². The molecule has 3 N–H and O–H groups in total. The third-order valence-electron chi connectivity index (χ3n) is 3.33. The second kappa shape index (κ2) is 6.70. The van der Waals surface area contributed by atoms with Crippen LogP contribution in [0.1, 0.15) is 24.0 Å². The average molecular weight is 327 g/mol. The summed E-state index contributed by atoms with van der Waals surface area (Å²) in [6.45, 7) is 2.08. The van der Waals surface area contributed by atoms with Crippen LogP contribution in [0, 0.1) is 0 Å². The van der Waals surface area contributed by atoms with Gasteiger partial charge in [-0.2, -0.15) is 0 Å². The topological polar surface area (TPSA) is 93.8 Å². The molecule has 0 aliphatic heterocycles. The van der Waals surface area contributed by atoms with Gasteiger partial charge in [-0.3, -0.25) is 9.78 Å². The Morgan fingerprint density at radius 2 is 2.13 bits per heavy atom. The number of nitrogens with one attached hydrogen (secondary N) is 1. The van der Waals surface area contributed by atoms with E-state index in [1.165, 1.54) is 11.3 Å². The number of aryl methyl sites for hydroxylation is 1. The fourth-order valence-electron chi connectivity index (χ4n) is 2.26. The van der Waals surface area contributed by atoms with E-state index in [0.717, 1.165) is 28.8 Å². The smallest absolute Gasteiger partial charge is 0.232 e. The number of carbonyl (C=O) groups excluding carboxylic acids is 1. The van der Waals surface area contributed by atoms with E-state index in [-0.39, 0.29) is 12.3 Å². The molecule has 7 heteroatoms. The van der Waals surface area contributed by atoms with Gasteiger partial charge in [-0.15, -0.1) is 10.2 Å². The van der Waals surface area contributed by atoms with Gasteiger partial charge in [0.1, 0.15) is 5.01 Å². The maximum Gasteiger partial charge on any atom is 0.232 e. The maximum atomic E-state index is 12.1. The van der Waals surface area contributed by atoms with Gasteiger partial charge in [-0.25, -0.2) is 0 Å². The number of aromatic nitrogens is 3. The second-order valence-corrected chi connectivity index (χ2v) is 6.26. The van der Waals surface area contributed by atoms with E-state index in [1.54, 1.807) is 6.07 Å². The first kappa shape index (κ1) is 15.4. The Morgan fingerprint density at radius 3 is 2.96 bits per heavy atom. The first-order chi connectivity index (χ1) is 11.2. The number of rotatable bonds is 5. The number of para-hydroxylation sites is 1. The molecule has 1 amide bonds. The normalized spacial score (nSPS) is 10.8. The number of pyridine rings is 1. The zero-order chi connectivity index (χ0) is 16.2. The molecule has 0 aliphatic carbocycles. The fourth-order valence-corrected chi connectivity index (χ4v) is 3.11. The van der Waals surface area contributed by atoms with Crippen LogP contribution in [0.15, 0.2) is 30.3 Å². The van der Waals surface area contributed by atoms with Gasteiger partial charge in [0, 0.05) is 11.8 Å². The minimum Gasteiger partial charge on any atom is -0.397 e. The Balaban J connectivity index is 1.70. The molecule has 3 rings (SSSR count). The number of nitrogens with two attached hydrogens (primary N) is 1. The van der Waals surface area contributed by atoms with Gasteiger partial charge in [0.2, 0.25) is 11.0 Å². The second-order valence-electron chi connectivity index (χ2n) is 5.20. The van der Waals surface area contributed by atoms with E-state index in [0.29, 0.717) is 16.5 Å². The summed E-state index contributed by atoms with van der Waals surface area (Å²) in [5, 5.41) is 13.2. The van der Waals surface area contributed by atoms with E-state index < -0.39 is 0 Å². The molecule has 6 nitrogen and oxygen atoms in total. The summed E-state index contributed by atoms with van der Waals surface area (Å²) in [7, 11) is 0. The molecule has 0 saturated heterocycles. The van der Waals surface area contributed by atoms with Crippen LogP contribution in [-0.4, -0.2) is 21.1 Å². The van der Waals surface area contributed by atoms with E-state index in [4.69, 9.17) is 5.73 Å². The van der Waals surface area contributed by atoms with Gasteiger partial charge < -0.3 is 11.1 Å². The molecule has 3 aromatic rings. The largest absolute Gasteiger partial charge is 0.397 e. The summed E-state index contributed by atoms with van der Waals surface area (Å²) in [6, 6.07) is 9.39. The molecule has 0 saturated carbocycles. The van der Waals surface area contributed by atoms with Crippen molar-refractivity contribution in [2.24, 2.45) is 0 Å². The molecular weight excluding hydrogens is 310 g/mol. The van der Waals surface area contributed by atoms with E-state index >= 15 is 0 Å². The van der Waals surface area contributed by atoms with Crippen molar-refractivity contribution in [3.63, 3.8) is 0 Å². The molecule has 0 unspecified atom stereocenters. The van der Waals surface area contributed by atoms with E-state index in [1.807, 2.05) is 24.3 Å². The molecule has 118 valence electrons. The van der Waals surface area contributed by atoms with Crippen LogP contribution in [0.25, 0.3) is 10.9 Å². The molecule has 0 radical (unpaired) electrons. The lowest BCUT2D eigenvalue weighted by Gasteiger charge is -2.05. The van der Waals surface area contributed by atoms with Gasteiger partial charge in [0.05, 0.1) is 23.3 Å². The van der Waals surface area contributed by atoms with Crippen molar-refractivity contribution in [2.45, 2.75) is 26.2 Å². The predicted octanol–water partition coefficient (Wildman–Crippen LogP) is 2.80. The lowest BCUT2D eigenvalue weighted by atomic mass is 10.1. The van der Waals surface area contributed by atoms with Crippen molar-refractivity contribution in [1.29, 1.82) is 0 Å². The molecule has 0 spiro atoms. The molecule has 0 bridgehead atoms. The number of nitrogens with zero attached hydrogens (tertiary/aromatic N) is 3. The summed E-state index contributed by atoms with van der Waals surface area (Å²) in [6.07, 6.45) is 2.05. The number of benzene rings is 1. The third kappa shape index (κ3) is 3.62. The van der Waals surface area contributed by atoms with Crippen LogP contribution in [0.2, 0.25) is 0 Å². The zero-order valence-electron chi connectivity index (χ0n) is 12.7. The molecule has 0 atom stereocenters. The molecule has 23 heavy (non-hydrogen) atoms. The number of hydrogen-bond donors (Lipinski definition) is 2. The van der Waals surface area contributed by atoms with Crippen LogP contribution >= 0.6 is 11.3 Å². The Labute approximate surface area is 137 Å². The minimum absolute atomic E-state index is 0.162.